The highest BCUT2D eigenvalue weighted by Crippen LogP contribution is 2.24. The van der Waals surface area contributed by atoms with Crippen LogP contribution in [0.5, 0.6) is 0 Å². The molecule has 1 amide bonds. The lowest BCUT2D eigenvalue weighted by atomic mass is 10.2. The van der Waals surface area contributed by atoms with Crippen LogP contribution < -0.4 is 5.43 Å². The Morgan fingerprint density at radius 1 is 0.893 bits per heavy atom. The highest BCUT2D eigenvalue weighted by atomic mass is 32.2. The van der Waals surface area contributed by atoms with E-state index in [2.05, 4.69) is 10.4 Å². The van der Waals surface area contributed by atoms with Crippen LogP contribution in [0.2, 0.25) is 0 Å². The average molecular weight is 385 g/mol. The number of rotatable bonds is 5. The second-order valence-corrected chi connectivity index (χ2v) is 7.10. The molecule has 0 atom stereocenters. The first-order valence-corrected chi connectivity index (χ1v) is 10.1. The predicted molar refractivity (Wildman–Crippen MR) is 116 cm³/mol. The number of hydrogen-bond acceptors (Lipinski definition) is 4. The van der Waals surface area contributed by atoms with E-state index < -0.39 is 0 Å². The summed E-state index contributed by atoms with van der Waals surface area (Å²) in [5.41, 5.74) is 6.23. The number of anilines is 1. The van der Waals surface area contributed by atoms with Gasteiger partial charge in [0.2, 0.25) is 0 Å². The molecule has 0 radical (unpaired) electrons. The third kappa shape index (κ3) is 3.85. The molecule has 3 aromatic rings. The number of benzene rings is 3. The molecule has 1 aliphatic rings. The van der Waals surface area contributed by atoms with Crippen LogP contribution in [0.25, 0.3) is 6.08 Å². The third-order valence-corrected chi connectivity index (χ3v) is 5.07. The molecule has 4 nitrogen and oxygen atoms in total. The Labute approximate surface area is 168 Å². The molecule has 28 heavy (non-hydrogen) atoms. The molecule has 1 heterocycles. The molecule has 0 aliphatic carbocycles. The van der Waals surface area contributed by atoms with Crippen molar-refractivity contribution in [1.82, 2.24) is 5.01 Å². The molecule has 5 heteroatoms. The van der Waals surface area contributed by atoms with Gasteiger partial charge >= 0.3 is 0 Å². The fourth-order valence-electron chi connectivity index (χ4n) is 2.90. The molecule has 0 saturated carbocycles. The lowest BCUT2D eigenvalue weighted by Gasteiger charge is -2.20. The molecular formula is C23H19N3OS. The van der Waals surface area contributed by atoms with Crippen molar-refractivity contribution in [2.45, 2.75) is 4.90 Å². The number of amides is 1. The van der Waals surface area contributed by atoms with Crippen molar-refractivity contribution in [2.24, 2.45) is 4.99 Å². The van der Waals surface area contributed by atoms with E-state index in [1.165, 1.54) is 9.90 Å². The highest BCUT2D eigenvalue weighted by molar-refractivity contribution is 7.98. The Bertz CT molecular complexity index is 1030. The molecule has 0 spiro atoms. The molecule has 1 N–H and O–H groups in total. The van der Waals surface area contributed by atoms with E-state index in [-0.39, 0.29) is 5.91 Å². The van der Waals surface area contributed by atoms with Crippen LogP contribution in [0, 0.1) is 0 Å². The quantitative estimate of drug-likeness (QED) is 0.493. The number of amidine groups is 1. The fourth-order valence-corrected chi connectivity index (χ4v) is 3.31. The zero-order valence-corrected chi connectivity index (χ0v) is 16.2. The van der Waals surface area contributed by atoms with Crippen molar-refractivity contribution < 1.29 is 4.79 Å². The molecular weight excluding hydrogens is 366 g/mol. The third-order valence-electron chi connectivity index (χ3n) is 4.33. The lowest BCUT2D eigenvalue weighted by molar-refractivity contribution is -0.121. The summed E-state index contributed by atoms with van der Waals surface area (Å²) in [6, 6.07) is 27.4. The maximum atomic E-state index is 13.1. The number of para-hydroxylation sites is 1. The molecule has 3 aromatic carbocycles. The van der Waals surface area contributed by atoms with Crippen molar-refractivity contribution in [3.63, 3.8) is 0 Å². The van der Waals surface area contributed by atoms with Crippen LogP contribution in [-0.4, -0.2) is 23.0 Å². The fraction of sp³-hybridized carbons (Fsp3) is 0.0435. The molecule has 0 aromatic heterocycles. The van der Waals surface area contributed by atoms with Crippen molar-refractivity contribution in [2.75, 3.05) is 11.7 Å². The van der Waals surface area contributed by atoms with Crippen molar-refractivity contribution in [3.8, 4) is 0 Å². The number of aliphatic imine (C=N–C) groups is 1. The summed E-state index contributed by atoms with van der Waals surface area (Å²) in [6.07, 6.45) is 3.86. The van der Waals surface area contributed by atoms with Crippen LogP contribution in [0.15, 0.2) is 101 Å². The minimum absolute atomic E-state index is 0.184. The zero-order valence-electron chi connectivity index (χ0n) is 15.4. The lowest BCUT2D eigenvalue weighted by Crippen LogP contribution is -2.37. The van der Waals surface area contributed by atoms with Crippen LogP contribution in [0.4, 0.5) is 5.69 Å². The SMILES string of the molecule is CSc1ccc(C=C2N=C(c3ccccc3)N(Nc3ccccc3)C2=O)cc1. The average Bonchev–Trinajstić information content (AvgIpc) is 3.05. The van der Waals surface area contributed by atoms with Crippen LogP contribution in [0.1, 0.15) is 11.1 Å². The van der Waals surface area contributed by atoms with E-state index in [0.717, 1.165) is 16.8 Å². The number of hydrogen-bond donors (Lipinski definition) is 1. The smallest absolute Gasteiger partial charge is 0.290 e. The van der Waals surface area contributed by atoms with Gasteiger partial charge in [0.1, 0.15) is 5.70 Å². The second-order valence-electron chi connectivity index (χ2n) is 6.22. The highest BCUT2D eigenvalue weighted by Gasteiger charge is 2.31. The van der Waals surface area contributed by atoms with Gasteiger partial charge in [0, 0.05) is 10.5 Å². The van der Waals surface area contributed by atoms with Crippen LogP contribution in [0.3, 0.4) is 0 Å². The van der Waals surface area contributed by atoms with Crippen molar-refractivity contribution in [1.29, 1.82) is 0 Å². The molecule has 138 valence electrons. The second kappa shape index (κ2) is 8.15. The van der Waals surface area contributed by atoms with Gasteiger partial charge in [-0.1, -0.05) is 60.7 Å². The molecule has 0 unspecified atom stereocenters. The van der Waals surface area contributed by atoms with Gasteiger partial charge in [-0.2, -0.15) is 5.01 Å². The van der Waals surface area contributed by atoms with Gasteiger partial charge in [-0.15, -0.1) is 11.8 Å². The summed E-state index contributed by atoms with van der Waals surface area (Å²) in [7, 11) is 0. The molecule has 1 aliphatic heterocycles. The van der Waals surface area contributed by atoms with Crippen molar-refractivity contribution in [3.05, 3.63) is 102 Å². The van der Waals surface area contributed by atoms with Gasteiger partial charge < -0.3 is 0 Å². The van der Waals surface area contributed by atoms with Crippen molar-refractivity contribution >= 4 is 35.3 Å². The molecule has 0 fully saturated rings. The Hall–Kier alpha value is -3.31. The van der Waals surface area contributed by atoms with E-state index in [4.69, 9.17) is 0 Å². The van der Waals surface area contributed by atoms with Crippen LogP contribution in [-0.2, 0) is 4.79 Å². The first kappa shape index (κ1) is 18.1. The first-order valence-electron chi connectivity index (χ1n) is 8.90. The van der Waals surface area contributed by atoms with E-state index in [1.807, 2.05) is 97.3 Å². The minimum atomic E-state index is -0.184. The summed E-state index contributed by atoms with van der Waals surface area (Å²) in [6.45, 7) is 0. The van der Waals surface area contributed by atoms with Gasteiger partial charge in [0.15, 0.2) is 5.84 Å². The Morgan fingerprint density at radius 3 is 2.18 bits per heavy atom. The van der Waals surface area contributed by atoms with E-state index in [0.29, 0.717) is 11.5 Å². The Balaban J connectivity index is 1.70. The first-order chi connectivity index (χ1) is 13.7. The standard InChI is InChI=1S/C23H19N3OS/c1-28-20-14-12-17(13-15-20)16-21-23(27)26(25-19-10-6-3-7-11-19)22(24-21)18-8-4-2-5-9-18/h2-16,25H,1H3. The normalized spacial score (nSPS) is 15.0. The number of thioether (sulfide) groups is 1. The summed E-state index contributed by atoms with van der Waals surface area (Å²) in [4.78, 5) is 18.9. The number of nitrogens with one attached hydrogen (secondary N) is 1. The zero-order chi connectivity index (χ0) is 19.3. The maximum Gasteiger partial charge on any atom is 0.297 e. The molecule has 4 rings (SSSR count). The van der Waals surface area contributed by atoms with Gasteiger partial charge in [-0.05, 0) is 42.2 Å². The monoisotopic (exact) mass is 385 g/mol. The minimum Gasteiger partial charge on any atom is -0.290 e. The van der Waals surface area contributed by atoms with E-state index >= 15 is 0 Å². The maximum absolute atomic E-state index is 13.1. The van der Waals surface area contributed by atoms with E-state index in [9.17, 15) is 4.79 Å². The summed E-state index contributed by atoms with van der Waals surface area (Å²) >= 11 is 1.69. The van der Waals surface area contributed by atoms with Gasteiger partial charge in [-0.3, -0.25) is 10.2 Å². The summed E-state index contributed by atoms with van der Waals surface area (Å²) in [5.74, 6) is 0.401. The number of carbonyl (C=O) groups is 1. The molecule has 0 bridgehead atoms. The topological polar surface area (TPSA) is 44.7 Å². The number of carbonyl (C=O) groups excluding carboxylic acids is 1. The van der Waals surface area contributed by atoms with E-state index in [1.54, 1.807) is 11.8 Å². The number of hydrazine groups is 1. The Kier molecular flexibility index (Phi) is 5.26. The number of nitrogens with zero attached hydrogens (tertiary/aromatic N) is 2. The summed E-state index contributed by atoms with van der Waals surface area (Å²) < 4.78 is 0. The predicted octanol–water partition coefficient (Wildman–Crippen LogP) is 5.07. The largest absolute Gasteiger partial charge is 0.297 e. The summed E-state index contributed by atoms with van der Waals surface area (Å²) in [5, 5.41) is 1.51. The van der Waals surface area contributed by atoms with Gasteiger partial charge in [0.25, 0.3) is 5.91 Å². The van der Waals surface area contributed by atoms with Crippen LogP contribution >= 0.6 is 11.8 Å². The van der Waals surface area contributed by atoms with Gasteiger partial charge in [-0.25, -0.2) is 4.99 Å². The molecule has 0 saturated heterocycles. The van der Waals surface area contributed by atoms with Gasteiger partial charge in [0.05, 0.1) is 5.69 Å². The Morgan fingerprint density at radius 2 is 1.54 bits per heavy atom.